The number of nitrogens with zero attached hydrogens (tertiary/aromatic N) is 1. The molecule has 27 heavy (non-hydrogen) atoms. The van der Waals surface area contributed by atoms with Crippen molar-refractivity contribution in [3.8, 4) is 5.75 Å². The molecule has 0 aliphatic carbocycles. The van der Waals surface area contributed by atoms with Crippen LogP contribution in [0, 0.1) is 5.82 Å². The van der Waals surface area contributed by atoms with Gasteiger partial charge in [-0.05, 0) is 48.9 Å². The predicted molar refractivity (Wildman–Crippen MR) is 103 cm³/mol. The van der Waals surface area contributed by atoms with E-state index in [-0.39, 0.29) is 25.4 Å². The van der Waals surface area contributed by atoms with Gasteiger partial charge in [-0.25, -0.2) is 12.8 Å². The normalized spacial score (nSPS) is 11.1. The Labute approximate surface area is 159 Å². The maximum atomic E-state index is 13.2. The van der Waals surface area contributed by atoms with E-state index in [1.165, 1.54) is 22.5 Å². The van der Waals surface area contributed by atoms with Gasteiger partial charge in [0.25, 0.3) is 0 Å². The van der Waals surface area contributed by atoms with Gasteiger partial charge in [-0.3, -0.25) is 9.10 Å². The summed E-state index contributed by atoms with van der Waals surface area (Å²) in [6.07, 6.45) is 1.14. The first-order valence-corrected chi connectivity index (χ1v) is 10.4. The maximum Gasteiger partial charge on any atom is 0.232 e. The SMILES string of the molecule is CCOc1ccc(N(CCNC(=O)Cc2cccc(F)c2)S(C)(=O)=O)cc1. The van der Waals surface area contributed by atoms with Crippen molar-refractivity contribution in [1.29, 1.82) is 0 Å². The number of halogens is 1. The highest BCUT2D eigenvalue weighted by Gasteiger charge is 2.17. The lowest BCUT2D eigenvalue weighted by Gasteiger charge is -2.22. The third-order valence-electron chi connectivity index (χ3n) is 3.73. The fraction of sp³-hybridized carbons (Fsp3) is 0.316. The molecule has 0 heterocycles. The average molecular weight is 394 g/mol. The lowest BCUT2D eigenvalue weighted by molar-refractivity contribution is -0.120. The fourth-order valence-corrected chi connectivity index (χ4v) is 3.48. The number of anilines is 1. The molecular weight excluding hydrogens is 371 g/mol. The molecule has 0 spiro atoms. The van der Waals surface area contributed by atoms with E-state index in [9.17, 15) is 17.6 Å². The Morgan fingerprint density at radius 1 is 1.19 bits per heavy atom. The Morgan fingerprint density at radius 2 is 1.89 bits per heavy atom. The Balaban J connectivity index is 1.95. The van der Waals surface area contributed by atoms with Crippen molar-refractivity contribution in [2.24, 2.45) is 0 Å². The topological polar surface area (TPSA) is 75.7 Å². The number of ether oxygens (including phenoxy) is 1. The van der Waals surface area contributed by atoms with E-state index in [1.807, 2.05) is 6.92 Å². The molecule has 146 valence electrons. The van der Waals surface area contributed by atoms with E-state index in [0.717, 1.165) is 6.26 Å². The lowest BCUT2D eigenvalue weighted by Crippen LogP contribution is -2.38. The molecule has 0 aliphatic rings. The first-order chi connectivity index (χ1) is 12.8. The Bertz CT molecular complexity index is 870. The predicted octanol–water partition coefficient (Wildman–Crippen LogP) is 2.35. The van der Waals surface area contributed by atoms with Crippen LogP contribution in [0.1, 0.15) is 12.5 Å². The standard InChI is InChI=1S/C19H23FN2O4S/c1-3-26-18-9-7-17(8-10-18)22(27(2,24)25)12-11-21-19(23)14-15-5-4-6-16(20)13-15/h4-10,13H,3,11-12,14H2,1-2H3,(H,21,23). The van der Waals surface area contributed by atoms with E-state index in [1.54, 1.807) is 30.3 Å². The highest BCUT2D eigenvalue weighted by molar-refractivity contribution is 7.92. The summed E-state index contributed by atoms with van der Waals surface area (Å²) in [4.78, 5) is 12.0. The van der Waals surface area contributed by atoms with Crippen molar-refractivity contribution >= 4 is 21.6 Å². The van der Waals surface area contributed by atoms with Crippen molar-refractivity contribution in [1.82, 2.24) is 5.32 Å². The van der Waals surface area contributed by atoms with Gasteiger partial charge in [0, 0.05) is 6.54 Å². The minimum Gasteiger partial charge on any atom is -0.494 e. The molecule has 1 N–H and O–H groups in total. The molecule has 2 aromatic carbocycles. The van der Waals surface area contributed by atoms with Gasteiger partial charge in [0.15, 0.2) is 0 Å². The molecule has 1 amide bonds. The second kappa shape index (κ2) is 9.36. The van der Waals surface area contributed by atoms with Gasteiger partial charge in [-0.1, -0.05) is 12.1 Å². The number of benzene rings is 2. The van der Waals surface area contributed by atoms with Crippen LogP contribution in [0.25, 0.3) is 0 Å². The molecule has 2 rings (SSSR count). The van der Waals surface area contributed by atoms with Crippen molar-refractivity contribution in [2.75, 3.05) is 30.3 Å². The minimum absolute atomic E-state index is 0.0275. The van der Waals surface area contributed by atoms with E-state index < -0.39 is 15.8 Å². The summed E-state index contributed by atoms with van der Waals surface area (Å²) in [7, 11) is -3.51. The monoisotopic (exact) mass is 394 g/mol. The average Bonchev–Trinajstić information content (AvgIpc) is 2.59. The van der Waals surface area contributed by atoms with Crippen LogP contribution in [-0.4, -0.2) is 40.3 Å². The molecule has 0 aliphatic heterocycles. The highest BCUT2D eigenvalue weighted by Crippen LogP contribution is 2.21. The number of hydrogen-bond donors (Lipinski definition) is 1. The molecule has 0 atom stereocenters. The molecule has 0 saturated heterocycles. The van der Waals surface area contributed by atoms with Gasteiger partial charge in [0.2, 0.25) is 15.9 Å². The van der Waals surface area contributed by atoms with Gasteiger partial charge >= 0.3 is 0 Å². The third-order valence-corrected chi connectivity index (χ3v) is 4.92. The fourth-order valence-electron chi connectivity index (χ4n) is 2.55. The summed E-state index contributed by atoms with van der Waals surface area (Å²) < 4.78 is 43.9. The van der Waals surface area contributed by atoms with Crippen molar-refractivity contribution in [3.05, 3.63) is 59.9 Å². The molecular formula is C19H23FN2O4S. The molecule has 0 saturated carbocycles. The van der Waals surface area contributed by atoms with Crippen LogP contribution in [0.2, 0.25) is 0 Å². The number of amides is 1. The summed E-state index contributed by atoms with van der Waals surface area (Å²) in [6.45, 7) is 2.60. The highest BCUT2D eigenvalue weighted by atomic mass is 32.2. The molecule has 0 unspecified atom stereocenters. The van der Waals surface area contributed by atoms with Crippen LogP contribution in [0.3, 0.4) is 0 Å². The molecule has 0 bridgehead atoms. The zero-order chi connectivity index (χ0) is 19.9. The lowest BCUT2D eigenvalue weighted by atomic mass is 10.1. The van der Waals surface area contributed by atoms with Crippen LogP contribution < -0.4 is 14.4 Å². The molecule has 6 nitrogen and oxygen atoms in total. The zero-order valence-corrected chi connectivity index (χ0v) is 16.1. The summed E-state index contributed by atoms with van der Waals surface area (Å²) in [6, 6.07) is 12.5. The Morgan fingerprint density at radius 3 is 2.48 bits per heavy atom. The quantitative estimate of drug-likeness (QED) is 0.708. The first-order valence-electron chi connectivity index (χ1n) is 8.51. The molecule has 0 fully saturated rings. The zero-order valence-electron chi connectivity index (χ0n) is 15.3. The number of nitrogens with one attached hydrogen (secondary N) is 1. The second-order valence-corrected chi connectivity index (χ2v) is 7.83. The summed E-state index contributed by atoms with van der Waals surface area (Å²) in [5.74, 6) is -0.0575. The summed E-state index contributed by atoms with van der Waals surface area (Å²) >= 11 is 0. The van der Waals surface area contributed by atoms with Crippen molar-refractivity contribution < 1.29 is 22.3 Å². The van der Waals surface area contributed by atoms with Crippen LogP contribution in [-0.2, 0) is 21.2 Å². The second-order valence-electron chi connectivity index (χ2n) is 5.92. The summed E-state index contributed by atoms with van der Waals surface area (Å²) in [5.41, 5.74) is 1.04. The number of carbonyl (C=O) groups excluding carboxylic acids is 1. The van der Waals surface area contributed by atoms with E-state index >= 15 is 0 Å². The number of rotatable bonds is 9. The first kappa shape index (κ1) is 20.7. The number of sulfonamides is 1. The maximum absolute atomic E-state index is 13.2. The van der Waals surface area contributed by atoms with E-state index in [0.29, 0.717) is 23.6 Å². The van der Waals surface area contributed by atoms with Gasteiger partial charge in [-0.15, -0.1) is 0 Å². The Kier molecular flexibility index (Phi) is 7.18. The summed E-state index contributed by atoms with van der Waals surface area (Å²) in [5, 5.41) is 2.66. The molecule has 0 radical (unpaired) electrons. The largest absolute Gasteiger partial charge is 0.494 e. The van der Waals surface area contributed by atoms with Crippen molar-refractivity contribution in [3.63, 3.8) is 0 Å². The molecule has 2 aromatic rings. The van der Waals surface area contributed by atoms with Crippen LogP contribution >= 0.6 is 0 Å². The van der Waals surface area contributed by atoms with Gasteiger partial charge in [0.05, 0.1) is 31.5 Å². The van der Waals surface area contributed by atoms with Crippen LogP contribution in [0.15, 0.2) is 48.5 Å². The van der Waals surface area contributed by atoms with E-state index in [4.69, 9.17) is 4.74 Å². The van der Waals surface area contributed by atoms with Crippen LogP contribution in [0.5, 0.6) is 5.75 Å². The Hall–Kier alpha value is -2.61. The van der Waals surface area contributed by atoms with Crippen LogP contribution in [0.4, 0.5) is 10.1 Å². The van der Waals surface area contributed by atoms with Gasteiger partial charge in [0.1, 0.15) is 11.6 Å². The van der Waals surface area contributed by atoms with Gasteiger partial charge in [-0.2, -0.15) is 0 Å². The van der Waals surface area contributed by atoms with Gasteiger partial charge < -0.3 is 10.1 Å². The number of hydrogen-bond acceptors (Lipinski definition) is 4. The smallest absolute Gasteiger partial charge is 0.232 e. The minimum atomic E-state index is -3.51. The molecule has 8 heteroatoms. The molecule has 0 aromatic heterocycles. The van der Waals surface area contributed by atoms with Crippen molar-refractivity contribution in [2.45, 2.75) is 13.3 Å². The number of carbonyl (C=O) groups is 1. The van der Waals surface area contributed by atoms with E-state index in [2.05, 4.69) is 5.32 Å². The third kappa shape index (κ3) is 6.56.